The second-order valence-electron chi connectivity index (χ2n) is 4.62. The highest BCUT2D eigenvalue weighted by molar-refractivity contribution is 7.11. The maximum absolute atomic E-state index is 5.56. The van der Waals surface area contributed by atoms with Crippen LogP contribution in [0.5, 0.6) is 0 Å². The monoisotopic (exact) mass is 254 g/mol. The van der Waals surface area contributed by atoms with E-state index in [-0.39, 0.29) is 0 Å². The number of ether oxygens (including phenoxy) is 1. The van der Waals surface area contributed by atoms with Gasteiger partial charge in [-0.3, -0.25) is 0 Å². The van der Waals surface area contributed by atoms with Crippen molar-refractivity contribution in [3.8, 4) is 0 Å². The molecule has 2 heterocycles. The summed E-state index contributed by atoms with van der Waals surface area (Å²) in [6.07, 6.45) is 4.68. The first kappa shape index (κ1) is 13.0. The molecule has 0 spiro atoms. The number of nitrogens with one attached hydrogen (secondary N) is 1. The topological polar surface area (TPSA) is 34.1 Å². The predicted octanol–water partition coefficient (Wildman–Crippen LogP) is 2.71. The van der Waals surface area contributed by atoms with Crippen molar-refractivity contribution in [2.75, 3.05) is 20.3 Å². The van der Waals surface area contributed by atoms with Crippen molar-refractivity contribution in [1.29, 1.82) is 0 Å². The van der Waals surface area contributed by atoms with E-state index in [1.54, 1.807) is 0 Å². The lowest BCUT2D eigenvalue weighted by Crippen LogP contribution is -2.15. The summed E-state index contributed by atoms with van der Waals surface area (Å²) in [7, 11) is 2.00. The molecule has 0 saturated carbocycles. The van der Waals surface area contributed by atoms with Crippen LogP contribution in [-0.2, 0) is 17.7 Å². The minimum absolute atomic E-state index is 0.537. The normalized spacial score (nSPS) is 20.7. The summed E-state index contributed by atoms with van der Waals surface area (Å²) >= 11 is 1.88. The molecule has 1 atom stereocenters. The first-order valence-corrected chi connectivity index (χ1v) is 7.37. The first-order chi connectivity index (χ1) is 8.35. The summed E-state index contributed by atoms with van der Waals surface area (Å²) in [5.41, 5.74) is 1.30. The Labute approximate surface area is 108 Å². The molecule has 0 radical (unpaired) electrons. The standard InChI is InChI=1S/C13H22N2OS/c1-3-5-11-12(8-14-2)17-13(15-11)10-6-4-7-16-9-10/h10,14H,3-9H2,1-2H3. The van der Waals surface area contributed by atoms with E-state index in [1.165, 1.54) is 34.8 Å². The van der Waals surface area contributed by atoms with Crippen LogP contribution in [0.15, 0.2) is 0 Å². The summed E-state index contributed by atoms with van der Waals surface area (Å²) in [6, 6.07) is 0. The van der Waals surface area contributed by atoms with Crippen LogP contribution in [-0.4, -0.2) is 25.2 Å². The van der Waals surface area contributed by atoms with Crippen molar-refractivity contribution >= 4 is 11.3 Å². The fourth-order valence-electron chi connectivity index (χ4n) is 2.24. The zero-order valence-corrected chi connectivity index (χ0v) is 11.6. The highest BCUT2D eigenvalue weighted by atomic mass is 32.1. The van der Waals surface area contributed by atoms with Crippen LogP contribution >= 0.6 is 11.3 Å². The van der Waals surface area contributed by atoms with Gasteiger partial charge >= 0.3 is 0 Å². The summed E-state index contributed by atoms with van der Waals surface area (Å²) < 4.78 is 5.56. The van der Waals surface area contributed by atoms with Gasteiger partial charge in [-0.15, -0.1) is 11.3 Å². The van der Waals surface area contributed by atoms with Crippen LogP contribution in [0.3, 0.4) is 0 Å². The molecule has 1 aromatic rings. The van der Waals surface area contributed by atoms with Gasteiger partial charge in [-0.05, 0) is 26.3 Å². The van der Waals surface area contributed by atoms with Gasteiger partial charge in [0, 0.05) is 23.9 Å². The maximum Gasteiger partial charge on any atom is 0.0985 e. The van der Waals surface area contributed by atoms with Gasteiger partial charge in [-0.25, -0.2) is 4.98 Å². The molecule has 1 saturated heterocycles. The number of aryl methyl sites for hydroxylation is 1. The summed E-state index contributed by atoms with van der Waals surface area (Å²) in [5.74, 6) is 0.537. The number of hydrogen-bond acceptors (Lipinski definition) is 4. The van der Waals surface area contributed by atoms with Gasteiger partial charge in [0.2, 0.25) is 0 Å². The summed E-state index contributed by atoms with van der Waals surface area (Å²) in [6.45, 7) is 4.94. The maximum atomic E-state index is 5.56. The number of hydrogen-bond donors (Lipinski definition) is 1. The van der Waals surface area contributed by atoms with Crippen molar-refractivity contribution in [1.82, 2.24) is 10.3 Å². The molecule has 1 fully saturated rings. The number of aromatic nitrogens is 1. The average Bonchev–Trinajstić information content (AvgIpc) is 2.75. The second-order valence-corrected chi connectivity index (χ2v) is 5.73. The first-order valence-electron chi connectivity index (χ1n) is 6.56. The van der Waals surface area contributed by atoms with Crippen LogP contribution in [0.1, 0.15) is 47.7 Å². The molecule has 4 heteroatoms. The van der Waals surface area contributed by atoms with E-state index in [1.807, 2.05) is 18.4 Å². The van der Waals surface area contributed by atoms with E-state index in [4.69, 9.17) is 9.72 Å². The summed E-state index contributed by atoms with van der Waals surface area (Å²) in [5, 5.41) is 4.53. The van der Waals surface area contributed by atoms with Crippen LogP contribution in [0.4, 0.5) is 0 Å². The lowest BCUT2D eigenvalue weighted by molar-refractivity contribution is 0.0803. The minimum Gasteiger partial charge on any atom is -0.381 e. The fourth-order valence-corrected chi connectivity index (χ4v) is 3.49. The highest BCUT2D eigenvalue weighted by Crippen LogP contribution is 2.31. The minimum atomic E-state index is 0.537. The highest BCUT2D eigenvalue weighted by Gasteiger charge is 2.21. The van der Waals surface area contributed by atoms with Gasteiger partial charge in [0.25, 0.3) is 0 Å². The van der Waals surface area contributed by atoms with Gasteiger partial charge in [-0.1, -0.05) is 13.3 Å². The fraction of sp³-hybridized carbons (Fsp3) is 0.769. The quantitative estimate of drug-likeness (QED) is 0.877. The number of nitrogens with zero attached hydrogens (tertiary/aromatic N) is 1. The molecule has 1 aliphatic heterocycles. The third kappa shape index (κ3) is 3.27. The van der Waals surface area contributed by atoms with E-state index in [2.05, 4.69) is 12.2 Å². The lowest BCUT2D eigenvalue weighted by atomic mass is 10.0. The molecule has 96 valence electrons. The van der Waals surface area contributed by atoms with Crippen molar-refractivity contribution < 1.29 is 4.74 Å². The number of rotatable bonds is 5. The molecule has 1 aromatic heterocycles. The van der Waals surface area contributed by atoms with Crippen LogP contribution in [0, 0.1) is 0 Å². The van der Waals surface area contributed by atoms with Crippen molar-refractivity contribution in [3.63, 3.8) is 0 Å². The van der Waals surface area contributed by atoms with Crippen molar-refractivity contribution in [2.24, 2.45) is 0 Å². The van der Waals surface area contributed by atoms with E-state index in [0.717, 1.165) is 26.2 Å². The Morgan fingerprint density at radius 1 is 1.53 bits per heavy atom. The molecule has 1 aliphatic rings. The molecular formula is C13H22N2OS. The lowest BCUT2D eigenvalue weighted by Gasteiger charge is -2.19. The van der Waals surface area contributed by atoms with E-state index in [0.29, 0.717) is 5.92 Å². The molecule has 3 nitrogen and oxygen atoms in total. The molecule has 17 heavy (non-hydrogen) atoms. The molecule has 1 N–H and O–H groups in total. The Bertz CT molecular complexity index is 322. The average molecular weight is 254 g/mol. The number of thiazole rings is 1. The Balaban J connectivity index is 2.13. The molecule has 0 aliphatic carbocycles. The molecule has 0 aromatic carbocycles. The predicted molar refractivity (Wildman–Crippen MR) is 71.7 cm³/mol. The molecule has 1 unspecified atom stereocenters. The molecule has 2 rings (SSSR count). The van der Waals surface area contributed by atoms with Gasteiger partial charge in [0.05, 0.1) is 17.3 Å². The zero-order chi connectivity index (χ0) is 12.1. The Kier molecular flexibility index (Phi) is 4.95. The Morgan fingerprint density at radius 3 is 3.06 bits per heavy atom. The Morgan fingerprint density at radius 2 is 2.41 bits per heavy atom. The van der Waals surface area contributed by atoms with Crippen molar-refractivity contribution in [3.05, 3.63) is 15.6 Å². The van der Waals surface area contributed by atoms with Crippen LogP contribution in [0.2, 0.25) is 0 Å². The van der Waals surface area contributed by atoms with Gasteiger partial charge in [0.1, 0.15) is 0 Å². The van der Waals surface area contributed by atoms with Crippen LogP contribution in [0.25, 0.3) is 0 Å². The van der Waals surface area contributed by atoms with Crippen molar-refractivity contribution in [2.45, 2.75) is 45.1 Å². The molecule has 0 amide bonds. The Hall–Kier alpha value is -0.450. The van der Waals surface area contributed by atoms with Gasteiger partial charge < -0.3 is 10.1 Å². The summed E-state index contributed by atoms with van der Waals surface area (Å²) in [4.78, 5) is 6.25. The second kappa shape index (κ2) is 6.47. The van der Waals surface area contributed by atoms with Gasteiger partial charge in [0.15, 0.2) is 0 Å². The van der Waals surface area contributed by atoms with E-state index < -0.39 is 0 Å². The third-order valence-electron chi connectivity index (χ3n) is 3.13. The smallest absolute Gasteiger partial charge is 0.0985 e. The van der Waals surface area contributed by atoms with Gasteiger partial charge in [-0.2, -0.15) is 0 Å². The molecule has 0 bridgehead atoms. The van der Waals surface area contributed by atoms with Crippen LogP contribution < -0.4 is 5.32 Å². The zero-order valence-electron chi connectivity index (χ0n) is 10.8. The van der Waals surface area contributed by atoms with E-state index >= 15 is 0 Å². The third-order valence-corrected chi connectivity index (χ3v) is 4.39. The molecular weight excluding hydrogens is 232 g/mol. The largest absolute Gasteiger partial charge is 0.381 e. The van der Waals surface area contributed by atoms with E-state index in [9.17, 15) is 0 Å². The SMILES string of the molecule is CCCc1nc(C2CCCOC2)sc1CNC.